The van der Waals surface area contributed by atoms with Crippen molar-refractivity contribution < 1.29 is 19.5 Å². The van der Waals surface area contributed by atoms with E-state index in [2.05, 4.69) is 5.32 Å². The van der Waals surface area contributed by atoms with Crippen LogP contribution in [0.15, 0.2) is 0 Å². The monoisotopic (exact) mass is 214 g/mol. The van der Waals surface area contributed by atoms with Crippen LogP contribution in [0, 0.1) is 0 Å². The minimum atomic E-state index is -1.06. The number of nitrogens with zero attached hydrogens (tertiary/aromatic N) is 1. The molecule has 0 bridgehead atoms. The molecule has 0 aliphatic carbocycles. The quantitative estimate of drug-likeness (QED) is 0.643. The van der Waals surface area contributed by atoms with Crippen LogP contribution in [-0.2, 0) is 14.4 Å². The topological polar surface area (TPSA) is 86.7 Å². The Hall–Kier alpha value is -1.59. The number of carbonyl (C=O) groups excluding carboxylic acids is 2. The maximum atomic E-state index is 11.7. The van der Waals surface area contributed by atoms with E-state index >= 15 is 0 Å². The number of carboxylic acid groups (broad SMARTS) is 1. The van der Waals surface area contributed by atoms with E-state index < -0.39 is 18.1 Å². The molecule has 6 heteroatoms. The maximum Gasteiger partial charge on any atom is 0.326 e. The number of rotatable bonds is 3. The van der Waals surface area contributed by atoms with Crippen molar-refractivity contribution in [1.29, 1.82) is 0 Å². The molecule has 1 aliphatic heterocycles. The summed E-state index contributed by atoms with van der Waals surface area (Å²) < 4.78 is 0. The van der Waals surface area contributed by atoms with Crippen LogP contribution >= 0.6 is 0 Å². The maximum absolute atomic E-state index is 11.7. The average Bonchev–Trinajstić information content (AvgIpc) is 2.61. The average molecular weight is 214 g/mol. The van der Waals surface area contributed by atoms with Gasteiger partial charge in [-0.15, -0.1) is 0 Å². The van der Waals surface area contributed by atoms with Crippen molar-refractivity contribution in [3.8, 4) is 0 Å². The number of likely N-dealkylation sites (N-methyl/N-ethyl adjacent to an activating group) is 1. The van der Waals surface area contributed by atoms with Gasteiger partial charge in [0.1, 0.15) is 12.1 Å². The van der Waals surface area contributed by atoms with Gasteiger partial charge in [0.25, 0.3) is 0 Å². The Morgan fingerprint density at radius 2 is 2.20 bits per heavy atom. The Morgan fingerprint density at radius 3 is 2.60 bits per heavy atom. The molecule has 2 amide bonds. The predicted octanol–water partition coefficient (Wildman–Crippen LogP) is -0.803. The lowest BCUT2D eigenvalue weighted by Crippen LogP contribution is -2.48. The zero-order chi connectivity index (χ0) is 11.6. The van der Waals surface area contributed by atoms with Gasteiger partial charge in [-0.05, 0) is 13.3 Å². The van der Waals surface area contributed by atoms with Crippen molar-refractivity contribution in [2.24, 2.45) is 0 Å². The predicted molar refractivity (Wildman–Crippen MR) is 51.0 cm³/mol. The minimum Gasteiger partial charge on any atom is -0.480 e. The summed E-state index contributed by atoms with van der Waals surface area (Å²) in [7, 11) is 1.42. The van der Waals surface area contributed by atoms with Crippen molar-refractivity contribution in [3.05, 3.63) is 0 Å². The van der Waals surface area contributed by atoms with E-state index in [1.165, 1.54) is 14.0 Å². The van der Waals surface area contributed by atoms with Crippen molar-refractivity contribution in [1.82, 2.24) is 10.2 Å². The summed E-state index contributed by atoms with van der Waals surface area (Å²) in [6, 6.07) is -1.45. The highest BCUT2D eigenvalue weighted by Gasteiger charge is 2.32. The summed E-state index contributed by atoms with van der Waals surface area (Å²) in [6.07, 6.45) is 0.764. The molecule has 0 spiro atoms. The molecule has 1 saturated heterocycles. The smallest absolute Gasteiger partial charge is 0.326 e. The zero-order valence-electron chi connectivity index (χ0n) is 8.69. The standard InChI is InChI=1S/C9H14N2O4/c1-5(9(14)15)11(2)8(13)6-3-4-7(12)10-6/h5-6H,3-4H2,1-2H3,(H,10,12)(H,14,15). The van der Waals surface area contributed by atoms with Crippen molar-refractivity contribution >= 4 is 17.8 Å². The lowest BCUT2D eigenvalue weighted by atomic mass is 10.2. The van der Waals surface area contributed by atoms with Gasteiger partial charge in [0.2, 0.25) is 11.8 Å². The number of amides is 2. The first-order valence-corrected chi connectivity index (χ1v) is 4.72. The summed E-state index contributed by atoms with van der Waals surface area (Å²) in [5, 5.41) is 11.2. The molecule has 84 valence electrons. The van der Waals surface area contributed by atoms with E-state index in [1.807, 2.05) is 0 Å². The van der Waals surface area contributed by atoms with Crippen LogP contribution < -0.4 is 5.32 Å². The molecule has 2 N–H and O–H groups in total. The van der Waals surface area contributed by atoms with Crippen molar-refractivity contribution in [2.45, 2.75) is 31.8 Å². The van der Waals surface area contributed by atoms with Gasteiger partial charge in [-0.2, -0.15) is 0 Å². The molecule has 1 aliphatic rings. The number of aliphatic carboxylic acids is 1. The molecular weight excluding hydrogens is 200 g/mol. The third-order valence-corrected chi connectivity index (χ3v) is 2.58. The number of nitrogens with one attached hydrogen (secondary N) is 1. The summed E-state index contributed by atoms with van der Waals surface area (Å²) >= 11 is 0. The van der Waals surface area contributed by atoms with E-state index in [1.54, 1.807) is 0 Å². The summed E-state index contributed by atoms with van der Waals surface area (Å²) in [5.74, 6) is -1.57. The molecule has 1 fully saturated rings. The molecule has 0 radical (unpaired) electrons. The van der Waals surface area contributed by atoms with Gasteiger partial charge in [0.15, 0.2) is 0 Å². The molecule has 1 rings (SSSR count). The lowest BCUT2D eigenvalue weighted by molar-refractivity contribution is -0.149. The van der Waals surface area contributed by atoms with Crippen LogP contribution in [0.2, 0.25) is 0 Å². The van der Waals surface area contributed by atoms with E-state index in [-0.39, 0.29) is 11.8 Å². The van der Waals surface area contributed by atoms with Crippen LogP contribution in [0.4, 0.5) is 0 Å². The number of hydrogen-bond donors (Lipinski definition) is 2. The summed E-state index contributed by atoms with van der Waals surface area (Å²) in [6.45, 7) is 1.43. The van der Waals surface area contributed by atoms with Crippen LogP contribution in [0.1, 0.15) is 19.8 Å². The van der Waals surface area contributed by atoms with Gasteiger partial charge in [-0.25, -0.2) is 4.79 Å². The largest absolute Gasteiger partial charge is 0.480 e. The van der Waals surface area contributed by atoms with Gasteiger partial charge in [0, 0.05) is 13.5 Å². The highest BCUT2D eigenvalue weighted by molar-refractivity contribution is 5.92. The highest BCUT2D eigenvalue weighted by Crippen LogP contribution is 2.10. The Balaban J connectivity index is 2.60. The van der Waals surface area contributed by atoms with Gasteiger partial charge in [-0.1, -0.05) is 0 Å². The molecule has 1 heterocycles. The second-order valence-corrected chi connectivity index (χ2v) is 3.62. The Bertz CT molecular complexity index is 302. The van der Waals surface area contributed by atoms with Crippen LogP contribution in [0.3, 0.4) is 0 Å². The normalized spacial score (nSPS) is 22.0. The minimum absolute atomic E-state index is 0.162. The number of hydrogen-bond acceptors (Lipinski definition) is 3. The first-order chi connectivity index (χ1) is 6.93. The van der Waals surface area contributed by atoms with Gasteiger partial charge >= 0.3 is 5.97 Å². The molecule has 0 aromatic heterocycles. The molecule has 0 aromatic rings. The number of carbonyl (C=O) groups is 3. The second-order valence-electron chi connectivity index (χ2n) is 3.62. The molecule has 6 nitrogen and oxygen atoms in total. The number of carboxylic acids is 1. The Morgan fingerprint density at radius 1 is 1.60 bits per heavy atom. The lowest BCUT2D eigenvalue weighted by Gasteiger charge is -2.24. The third-order valence-electron chi connectivity index (χ3n) is 2.58. The summed E-state index contributed by atoms with van der Waals surface area (Å²) in [5.41, 5.74) is 0. The fraction of sp³-hybridized carbons (Fsp3) is 0.667. The second kappa shape index (κ2) is 4.29. The molecular formula is C9H14N2O4. The molecule has 2 atom stereocenters. The van der Waals surface area contributed by atoms with Crippen molar-refractivity contribution in [2.75, 3.05) is 7.05 Å². The Kier molecular flexibility index (Phi) is 3.28. The van der Waals surface area contributed by atoms with Gasteiger partial charge in [-0.3, -0.25) is 9.59 Å². The molecule has 15 heavy (non-hydrogen) atoms. The molecule has 2 unspecified atom stereocenters. The van der Waals surface area contributed by atoms with Crippen LogP contribution in [0.25, 0.3) is 0 Å². The van der Waals surface area contributed by atoms with E-state index in [9.17, 15) is 14.4 Å². The summed E-state index contributed by atoms with van der Waals surface area (Å²) in [4.78, 5) is 34.4. The third kappa shape index (κ3) is 2.45. The first-order valence-electron chi connectivity index (χ1n) is 4.72. The van der Waals surface area contributed by atoms with Gasteiger partial charge < -0.3 is 15.3 Å². The van der Waals surface area contributed by atoms with Crippen LogP contribution in [-0.4, -0.2) is 46.9 Å². The fourth-order valence-electron chi connectivity index (χ4n) is 1.40. The molecule has 0 saturated carbocycles. The highest BCUT2D eigenvalue weighted by atomic mass is 16.4. The van der Waals surface area contributed by atoms with Crippen molar-refractivity contribution in [3.63, 3.8) is 0 Å². The van der Waals surface area contributed by atoms with Gasteiger partial charge in [0.05, 0.1) is 0 Å². The SMILES string of the molecule is CC(C(=O)O)N(C)C(=O)C1CCC(=O)N1. The van der Waals surface area contributed by atoms with Crippen LogP contribution in [0.5, 0.6) is 0 Å². The van der Waals surface area contributed by atoms with E-state index in [0.29, 0.717) is 12.8 Å². The fourth-order valence-corrected chi connectivity index (χ4v) is 1.40. The first kappa shape index (κ1) is 11.5. The zero-order valence-corrected chi connectivity index (χ0v) is 8.69. The van der Waals surface area contributed by atoms with E-state index in [4.69, 9.17) is 5.11 Å². The Labute approximate surface area is 87.2 Å². The molecule has 0 aromatic carbocycles. The van der Waals surface area contributed by atoms with E-state index in [0.717, 1.165) is 4.90 Å².